The monoisotopic (exact) mass is 361 g/mol. The first-order valence-electron chi connectivity index (χ1n) is 6.15. The summed E-state index contributed by atoms with van der Waals surface area (Å²) in [5.74, 6) is -0.204. The normalized spacial score (nSPS) is 10.7. The minimum absolute atomic E-state index is 0.204. The topological polar surface area (TPSA) is 46.1 Å². The quantitative estimate of drug-likeness (QED) is 0.590. The Bertz CT molecular complexity index is 648. The Hall–Kier alpha value is -0.820. The molecular formula is C13H13Cl2N3OS2. The third kappa shape index (κ3) is 4.10. The molecule has 0 fully saturated rings. The summed E-state index contributed by atoms with van der Waals surface area (Å²) >= 11 is 14.8. The van der Waals surface area contributed by atoms with Crippen LogP contribution < -0.4 is 0 Å². The molecular weight excluding hydrogens is 349 g/mol. The van der Waals surface area contributed by atoms with Crippen LogP contribution in [0.5, 0.6) is 0 Å². The molecule has 0 bridgehead atoms. The van der Waals surface area contributed by atoms with E-state index in [-0.39, 0.29) is 16.6 Å². The number of hydrogen-bond donors (Lipinski definition) is 0. The minimum Gasteiger partial charge on any atom is -0.332 e. The lowest BCUT2D eigenvalue weighted by atomic mass is 10.3. The van der Waals surface area contributed by atoms with Gasteiger partial charge < -0.3 is 4.90 Å². The predicted molar refractivity (Wildman–Crippen MR) is 88.6 cm³/mol. The van der Waals surface area contributed by atoms with Crippen molar-refractivity contribution in [1.82, 2.24) is 14.9 Å². The van der Waals surface area contributed by atoms with Crippen LogP contribution in [0.4, 0.5) is 0 Å². The lowest BCUT2D eigenvalue weighted by Crippen LogP contribution is -2.31. The Morgan fingerprint density at radius 3 is 2.76 bits per heavy atom. The van der Waals surface area contributed by atoms with Gasteiger partial charge in [-0.1, -0.05) is 35.0 Å². The number of thiophene rings is 1. The lowest BCUT2D eigenvalue weighted by molar-refractivity contribution is 0.0747. The average molecular weight is 362 g/mol. The van der Waals surface area contributed by atoms with Gasteiger partial charge in [0, 0.05) is 11.4 Å². The van der Waals surface area contributed by atoms with Gasteiger partial charge in [-0.2, -0.15) is 0 Å². The van der Waals surface area contributed by atoms with Crippen LogP contribution in [0.25, 0.3) is 0 Å². The molecule has 112 valence electrons. The molecule has 0 aliphatic heterocycles. The fraction of sp³-hybridized carbons (Fsp3) is 0.308. The molecule has 0 aliphatic carbocycles. The summed E-state index contributed by atoms with van der Waals surface area (Å²) < 4.78 is 0.707. The molecule has 0 saturated carbocycles. The van der Waals surface area contributed by atoms with E-state index in [0.29, 0.717) is 22.6 Å². The highest BCUT2D eigenvalue weighted by Gasteiger charge is 2.20. The average Bonchev–Trinajstić information content (AvgIpc) is 2.90. The van der Waals surface area contributed by atoms with E-state index in [4.69, 9.17) is 23.2 Å². The first-order chi connectivity index (χ1) is 10.0. The summed E-state index contributed by atoms with van der Waals surface area (Å²) in [6.07, 6.45) is 3.31. The van der Waals surface area contributed by atoms with Crippen LogP contribution in [-0.4, -0.2) is 33.6 Å². The second-order valence-electron chi connectivity index (χ2n) is 4.08. The number of aromatic nitrogens is 2. The largest absolute Gasteiger partial charge is 0.332 e. The SMILES string of the molecule is CCN(Cc1ccc(Cl)s1)C(=O)c1nc(SC)ncc1Cl. The van der Waals surface area contributed by atoms with E-state index in [0.717, 1.165) is 4.88 Å². The fourth-order valence-electron chi connectivity index (χ4n) is 1.70. The number of nitrogens with zero attached hydrogens (tertiary/aromatic N) is 3. The van der Waals surface area contributed by atoms with Gasteiger partial charge in [-0.05, 0) is 25.3 Å². The van der Waals surface area contributed by atoms with Crippen molar-refractivity contribution in [2.24, 2.45) is 0 Å². The summed E-state index contributed by atoms with van der Waals surface area (Å²) in [6.45, 7) is 2.96. The molecule has 0 aromatic carbocycles. The molecule has 0 radical (unpaired) electrons. The lowest BCUT2D eigenvalue weighted by Gasteiger charge is -2.20. The highest BCUT2D eigenvalue weighted by atomic mass is 35.5. The number of hydrogen-bond acceptors (Lipinski definition) is 5. The summed E-state index contributed by atoms with van der Waals surface area (Å²) in [5, 5.41) is 0.790. The zero-order valence-electron chi connectivity index (χ0n) is 11.5. The number of halogens is 2. The molecule has 21 heavy (non-hydrogen) atoms. The van der Waals surface area contributed by atoms with E-state index >= 15 is 0 Å². The Labute approximate surface area is 141 Å². The molecule has 0 saturated heterocycles. The molecule has 0 aliphatic rings. The van der Waals surface area contributed by atoms with Gasteiger partial charge in [0.25, 0.3) is 5.91 Å². The molecule has 2 heterocycles. The highest BCUT2D eigenvalue weighted by Crippen LogP contribution is 2.24. The zero-order chi connectivity index (χ0) is 15.4. The molecule has 2 rings (SSSR count). The van der Waals surface area contributed by atoms with Crippen molar-refractivity contribution >= 4 is 52.2 Å². The van der Waals surface area contributed by atoms with Gasteiger partial charge in [-0.3, -0.25) is 4.79 Å². The van der Waals surface area contributed by atoms with Crippen LogP contribution in [0.2, 0.25) is 9.36 Å². The standard InChI is InChI=1S/C13H13Cl2N3OS2/c1-3-18(7-8-4-5-10(15)21-8)12(19)11-9(14)6-16-13(17-11)20-2/h4-6H,3,7H2,1-2H3. The predicted octanol–water partition coefficient (Wildman–Crippen LogP) is 4.23. The molecule has 8 heteroatoms. The number of thioether (sulfide) groups is 1. The second-order valence-corrected chi connectivity index (χ2v) is 7.06. The Balaban J connectivity index is 2.23. The van der Waals surface area contributed by atoms with Crippen LogP contribution in [0.15, 0.2) is 23.5 Å². The van der Waals surface area contributed by atoms with E-state index in [1.807, 2.05) is 25.3 Å². The van der Waals surface area contributed by atoms with E-state index in [2.05, 4.69) is 9.97 Å². The van der Waals surface area contributed by atoms with E-state index in [1.54, 1.807) is 4.90 Å². The van der Waals surface area contributed by atoms with Gasteiger partial charge in [0.1, 0.15) is 0 Å². The van der Waals surface area contributed by atoms with Crippen LogP contribution in [-0.2, 0) is 6.54 Å². The molecule has 0 unspecified atom stereocenters. The molecule has 4 nitrogen and oxygen atoms in total. The maximum atomic E-state index is 12.6. The first kappa shape index (κ1) is 16.5. The van der Waals surface area contributed by atoms with Crippen LogP contribution in [0.1, 0.15) is 22.3 Å². The molecule has 1 amide bonds. The van der Waals surface area contributed by atoms with Crippen LogP contribution in [0.3, 0.4) is 0 Å². The summed E-state index contributed by atoms with van der Waals surface area (Å²) in [4.78, 5) is 23.5. The molecule has 2 aromatic heterocycles. The van der Waals surface area contributed by atoms with E-state index in [9.17, 15) is 4.79 Å². The van der Waals surface area contributed by atoms with E-state index in [1.165, 1.54) is 29.3 Å². The van der Waals surface area contributed by atoms with Crippen molar-refractivity contribution in [2.45, 2.75) is 18.6 Å². The number of carbonyl (C=O) groups is 1. The summed E-state index contributed by atoms with van der Waals surface area (Å²) in [6, 6.07) is 3.74. The van der Waals surface area contributed by atoms with Crippen molar-refractivity contribution in [3.63, 3.8) is 0 Å². The molecule has 0 N–H and O–H groups in total. The van der Waals surface area contributed by atoms with E-state index < -0.39 is 0 Å². The van der Waals surface area contributed by atoms with Gasteiger partial charge in [-0.15, -0.1) is 11.3 Å². The smallest absolute Gasteiger partial charge is 0.274 e. The van der Waals surface area contributed by atoms with Crippen LogP contribution >= 0.6 is 46.3 Å². The van der Waals surface area contributed by atoms with Gasteiger partial charge in [0.15, 0.2) is 10.9 Å². The van der Waals surface area contributed by atoms with Crippen molar-refractivity contribution in [3.8, 4) is 0 Å². The fourth-order valence-corrected chi connectivity index (χ4v) is 3.32. The van der Waals surface area contributed by atoms with Gasteiger partial charge in [0.05, 0.1) is 22.1 Å². The van der Waals surface area contributed by atoms with Crippen molar-refractivity contribution in [3.05, 3.63) is 38.3 Å². The Morgan fingerprint density at radius 1 is 1.43 bits per heavy atom. The van der Waals surface area contributed by atoms with Crippen LogP contribution in [0, 0.1) is 0 Å². The molecule has 2 aromatic rings. The Morgan fingerprint density at radius 2 is 2.19 bits per heavy atom. The number of amides is 1. The summed E-state index contributed by atoms with van der Waals surface area (Å²) in [5.41, 5.74) is 0.237. The van der Waals surface area contributed by atoms with Gasteiger partial charge in [0.2, 0.25) is 0 Å². The van der Waals surface area contributed by atoms with Crippen molar-refractivity contribution in [1.29, 1.82) is 0 Å². The minimum atomic E-state index is -0.204. The zero-order valence-corrected chi connectivity index (χ0v) is 14.6. The Kier molecular flexibility index (Phi) is 5.87. The van der Waals surface area contributed by atoms with Crippen molar-refractivity contribution in [2.75, 3.05) is 12.8 Å². The molecule has 0 spiro atoms. The third-order valence-corrected chi connectivity index (χ3v) is 4.81. The molecule has 0 atom stereocenters. The summed E-state index contributed by atoms with van der Waals surface area (Å²) in [7, 11) is 0. The maximum Gasteiger partial charge on any atom is 0.274 e. The van der Waals surface area contributed by atoms with Gasteiger partial charge >= 0.3 is 0 Å². The first-order valence-corrected chi connectivity index (χ1v) is 8.94. The number of carbonyl (C=O) groups excluding carboxylic acids is 1. The maximum absolute atomic E-state index is 12.6. The van der Waals surface area contributed by atoms with Crippen molar-refractivity contribution < 1.29 is 4.79 Å². The third-order valence-electron chi connectivity index (χ3n) is 2.75. The van der Waals surface area contributed by atoms with Gasteiger partial charge in [-0.25, -0.2) is 9.97 Å². The second kappa shape index (κ2) is 7.45. The number of rotatable bonds is 5. The highest BCUT2D eigenvalue weighted by molar-refractivity contribution is 7.98.